The normalized spacial score (nSPS) is 14.4. The van der Waals surface area contributed by atoms with Crippen molar-refractivity contribution in [2.24, 2.45) is 0 Å². The zero-order chi connectivity index (χ0) is 18.5. The molecule has 2 N–H and O–H groups in total. The molecule has 27 heavy (non-hydrogen) atoms. The van der Waals surface area contributed by atoms with E-state index in [1.165, 1.54) is 37.1 Å². The third-order valence-electron chi connectivity index (χ3n) is 5.21. The van der Waals surface area contributed by atoms with Crippen LogP contribution in [0, 0.1) is 0 Å². The molecular formula is C22H25N4O+. The predicted octanol–water partition coefficient (Wildman–Crippen LogP) is 1.98. The fourth-order valence-electron chi connectivity index (χ4n) is 3.69. The molecule has 1 aromatic heterocycles. The molecule has 1 aliphatic rings. The number of benzene rings is 2. The number of hydrogen-bond acceptors (Lipinski definition) is 2. The molecule has 5 heteroatoms. The summed E-state index contributed by atoms with van der Waals surface area (Å²) in [6.45, 7) is 4.11. The van der Waals surface area contributed by atoms with E-state index < -0.39 is 0 Å². The lowest BCUT2D eigenvalue weighted by atomic mass is 10.1. The van der Waals surface area contributed by atoms with Crippen LogP contribution >= 0.6 is 0 Å². The van der Waals surface area contributed by atoms with Crippen LogP contribution in [0.3, 0.4) is 0 Å². The maximum absolute atomic E-state index is 12.5. The van der Waals surface area contributed by atoms with Gasteiger partial charge in [0.25, 0.3) is 5.91 Å². The van der Waals surface area contributed by atoms with Crippen molar-refractivity contribution in [3.63, 3.8) is 0 Å². The van der Waals surface area contributed by atoms with E-state index in [2.05, 4.69) is 28.6 Å². The van der Waals surface area contributed by atoms with Gasteiger partial charge in [0.2, 0.25) is 0 Å². The first-order valence-corrected chi connectivity index (χ1v) is 9.58. The molecule has 0 atom stereocenters. The third kappa shape index (κ3) is 4.26. The van der Waals surface area contributed by atoms with Crippen molar-refractivity contribution in [2.45, 2.75) is 25.9 Å². The Bertz CT molecular complexity index is 881. The summed E-state index contributed by atoms with van der Waals surface area (Å²) in [6, 6.07) is 17.8. The molecule has 1 amide bonds. The molecule has 4 rings (SSSR count). The van der Waals surface area contributed by atoms with Crippen LogP contribution in [0.4, 0.5) is 0 Å². The number of carbonyl (C=O) groups is 1. The quantitative estimate of drug-likeness (QED) is 0.705. The smallest absolute Gasteiger partial charge is 0.251 e. The van der Waals surface area contributed by atoms with Gasteiger partial charge in [0, 0.05) is 42.9 Å². The Morgan fingerprint density at radius 3 is 2.44 bits per heavy atom. The van der Waals surface area contributed by atoms with Crippen LogP contribution in [0.2, 0.25) is 0 Å². The lowest BCUT2D eigenvalue weighted by molar-refractivity contribution is -0.901. The van der Waals surface area contributed by atoms with Crippen molar-refractivity contribution < 1.29 is 9.69 Å². The molecule has 0 saturated carbocycles. The van der Waals surface area contributed by atoms with Gasteiger partial charge in [-0.25, -0.2) is 4.68 Å². The zero-order valence-corrected chi connectivity index (χ0v) is 15.4. The first-order chi connectivity index (χ1) is 13.3. The second kappa shape index (κ2) is 8.18. The van der Waals surface area contributed by atoms with E-state index in [4.69, 9.17) is 0 Å². The van der Waals surface area contributed by atoms with Crippen molar-refractivity contribution >= 4 is 5.91 Å². The number of likely N-dealkylation sites (tertiary alicyclic amines) is 1. The zero-order valence-electron chi connectivity index (χ0n) is 15.4. The summed E-state index contributed by atoms with van der Waals surface area (Å²) in [7, 11) is 0. The van der Waals surface area contributed by atoms with Crippen LogP contribution in [0.1, 0.15) is 34.3 Å². The summed E-state index contributed by atoms with van der Waals surface area (Å²) >= 11 is 0. The highest BCUT2D eigenvalue weighted by Gasteiger charge is 2.17. The molecule has 0 radical (unpaired) electrons. The van der Waals surface area contributed by atoms with Gasteiger partial charge in [-0.1, -0.05) is 24.3 Å². The van der Waals surface area contributed by atoms with Crippen molar-refractivity contribution in [2.75, 3.05) is 13.1 Å². The van der Waals surface area contributed by atoms with Crippen molar-refractivity contribution in [1.29, 1.82) is 0 Å². The van der Waals surface area contributed by atoms with Crippen molar-refractivity contribution in [3.05, 3.63) is 83.7 Å². The maximum Gasteiger partial charge on any atom is 0.251 e. The van der Waals surface area contributed by atoms with Gasteiger partial charge in [0.1, 0.15) is 6.54 Å². The van der Waals surface area contributed by atoms with Gasteiger partial charge < -0.3 is 10.2 Å². The number of rotatable bonds is 6. The fraction of sp³-hybridized carbons (Fsp3) is 0.273. The second-order valence-corrected chi connectivity index (χ2v) is 7.08. The molecular weight excluding hydrogens is 336 g/mol. The van der Waals surface area contributed by atoms with Crippen LogP contribution in [-0.4, -0.2) is 28.8 Å². The first-order valence-electron chi connectivity index (χ1n) is 9.58. The van der Waals surface area contributed by atoms with E-state index in [-0.39, 0.29) is 5.91 Å². The fourth-order valence-corrected chi connectivity index (χ4v) is 3.69. The molecule has 0 unspecified atom stereocenters. The summed E-state index contributed by atoms with van der Waals surface area (Å²) in [4.78, 5) is 14.2. The monoisotopic (exact) mass is 361 g/mol. The minimum Gasteiger partial charge on any atom is -0.348 e. The highest BCUT2D eigenvalue weighted by atomic mass is 16.1. The average Bonchev–Trinajstić information content (AvgIpc) is 3.41. The Morgan fingerprint density at radius 1 is 1.00 bits per heavy atom. The van der Waals surface area contributed by atoms with Gasteiger partial charge in [-0.2, -0.15) is 5.10 Å². The summed E-state index contributed by atoms with van der Waals surface area (Å²) in [5.74, 6) is -0.0506. The Labute approximate surface area is 159 Å². The van der Waals surface area contributed by atoms with E-state index in [9.17, 15) is 4.79 Å². The van der Waals surface area contributed by atoms with E-state index >= 15 is 0 Å². The largest absolute Gasteiger partial charge is 0.348 e. The van der Waals surface area contributed by atoms with E-state index in [1.807, 2.05) is 42.6 Å². The molecule has 0 aliphatic carbocycles. The van der Waals surface area contributed by atoms with Gasteiger partial charge in [0.15, 0.2) is 0 Å². The van der Waals surface area contributed by atoms with E-state index in [0.29, 0.717) is 12.1 Å². The van der Waals surface area contributed by atoms with Crippen molar-refractivity contribution in [1.82, 2.24) is 15.1 Å². The van der Waals surface area contributed by atoms with Gasteiger partial charge in [-0.05, 0) is 35.9 Å². The number of amides is 1. The molecule has 5 nitrogen and oxygen atoms in total. The average molecular weight is 361 g/mol. The molecule has 3 aromatic rings. The summed E-state index contributed by atoms with van der Waals surface area (Å²) in [6.07, 6.45) is 6.27. The topological polar surface area (TPSA) is 51.4 Å². The number of nitrogens with zero attached hydrogens (tertiary/aromatic N) is 2. The number of quaternary nitrogens is 1. The lowest BCUT2D eigenvalue weighted by Crippen LogP contribution is -3.08. The summed E-state index contributed by atoms with van der Waals surface area (Å²) in [5.41, 5.74) is 4.14. The van der Waals surface area contributed by atoms with Gasteiger partial charge in [-0.15, -0.1) is 0 Å². The molecule has 1 aliphatic heterocycles. The molecule has 1 fully saturated rings. The number of hydrogen-bond donors (Lipinski definition) is 2. The number of nitrogens with one attached hydrogen (secondary N) is 2. The molecule has 0 bridgehead atoms. The molecule has 138 valence electrons. The standard InChI is InChI=1S/C22H24N4O/c27-22(18-8-10-21(11-9-18)26-15-5-12-24-26)23-16-19-6-1-2-7-20(19)17-25-13-3-4-14-25/h1-2,5-12,15H,3-4,13-14,16-17H2,(H,23,27)/p+1. The van der Waals surface area contributed by atoms with Gasteiger partial charge in [0.05, 0.1) is 18.8 Å². The molecule has 1 saturated heterocycles. The maximum atomic E-state index is 12.5. The SMILES string of the molecule is O=C(NCc1ccccc1C[NH+]1CCCC1)c1ccc(-n2cccn2)cc1. The van der Waals surface area contributed by atoms with Crippen LogP contribution < -0.4 is 10.2 Å². The minimum absolute atomic E-state index is 0.0506. The second-order valence-electron chi connectivity index (χ2n) is 7.08. The van der Waals surface area contributed by atoms with Crippen LogP contribution in [0.25, 0.3) is 5.69 Å². The van der Waals surface area contributed by atoms with Crippen LogP contribution in [0.5, 0.6) is 0 Å². The highest BCUT2D eigenvalue weighted by molar-refractivity contribution is 5.94. The first kappa shape index (κ1) is 17.5. The van der Waals surface area contributed by atoms with Gasteiger partial charge in [-0.3, -0.25) is 4.79 Å². The summed E-state index contributed by atoms with van der Waals surface area (Å²) < 4.78 is 1.78. The third-order valence-corrected chi connectivity index (χ3v) is 5.21. The number of aromatic nitrogens is 2. The Hall–Kier alpha value is -2.92. The number of carbonyl (C=O) groups excluding carboxylic acids is 1. The minimum atomic E-state index is -0.0506. The molecule has 0 spiro atoms. The predicted molar refractivity (Wildman–Crippen MR) is 105 cm³/mol. The summed E-state index contributed by atoms with van der Waals surface area (Å²) in [5, 5.41) is 7.27. The Morgan fingerprint density at radius 2 is 1.74 bits per heavy atom. The van der Waals surface area contributed by atoms with Crippen molar-refractivity contribution in [3.8, 4) is 5.69 Å². The highest BCUT2D eigenvalue weighted by Crippen LogP contribution is 2.11. The van der Waals surface area contributed by atoms with E-state index in [1.54, 1.807) is 15.8 Å². The molecule has 2 aromatic carbocycles. The molecule has 2 heterocycles. The van der Waals surface area contributed by atoms with Crippen LogP contribution in [0.15, 0.2) is 67.0 Å². The lowest BCUT2D eigenvalue weighted by Gasteiger charge is -2.15. The Balaban J connectivity index is 1.39. The van der Waals surface area contributed by atoms with Crippen LogP contribution in [-0.2, 0) is 13.1 Å². The Kier molecular flexibility index (Phi) is 5.30. The van der Waals surface area contributed by atoms with E-state index in [0.717, 1.165) is 12.2 Å². The van der Waals surface area contributed by atoms with Gasteiger partial charge >= 0.3 is 0 Å².